The zero-order valence-electron chi connectivity index (χ0n) is 13.4. The molecule has 1 aromatic carbocycles. The summed E-state index contributed by atoms with van der Waals surface area (Å²) in [5, 5.41) is 5.61. The number of carbonyl (C=O) groups is 2. The fraction of sp³-hybridized carbons (Fsp3) is 0.278. The number of carbonyl (C=O) groups excluding carboxylic acids is 2. The van der Waals surface area contributed by atoms with E-state index in [0.717, 1.165) is 6.42 Å². The summed E-state index contributed by atoms with van der Waals surface area (Å²) < 4.78 is 0. The first-order valence-electron chi connectivity index (χ1n) is 7.66. The van der Waals surface area contributed by atoms with Crippen LogP contribution < -0.4 is 10.6 Å². The van der Waals surface area contributed by atoms with Gasteiger partial charge in [-0.05, 0) is 30.5 Å². The second-order valence-corrected chi connectivity index (χ2v) is 5.72. The molecule has 1 aromatic heterocycles. The highest BCUT2D eigenvalue weighted by Gasteiger charge is 2.11. The van der Waals surface area contributed by atoms with Crippen molar-refractivity contribution in [3.05, 3.63) is 59.9 Å². The normalized spacial score (nSPS) is 10.4. The molecular formula is C18H21N3O2. The van der Waals surface area contributed by atoms with Crippen LogP contribution in [-0.2, 0) is 0 Å². The van der Waals surface area contributed by atoms with Crippen LogP contribution in [0.5, 0.6) is 0 Å². The second-order valence-electron chi connectivity index (χ2n) is 5.72. The van der Waals surface area contributed by atoms with Crippen LogP contribution in [0.3, 0.4) is 0 Å². The first-order valence-corrected chi connectivity index (χ1v) is 7.66. The number of benzene rings is 1. The van der Waals surface area contributed by atoms with Crippen molar-refractivity contribution in [2.75, 3.05) is 11.9 Å². The zero-order valence-corrected chi connectivity index (χ0v) is 13.4. The minimum absolute atomic E-state index is 0.215. The molecule has 0 atom stereocenters. The highest BCUT2D eigenvalue weighted by molar-refractivity contribution is 6.05. The van der Waals surface area contributed by atoms with Crippen molar-refractivity contribution in [3.63, 3.8) is 0 Å². The molecule has 0 bridgehead atoms. The van der Waals surface area contributed by atoms with Crippen LogP contribution in [0.25, 0.3) is 0 Å². The minimum Gasteiger partial charge on any atom is -0.352 e. The van der Waals surface area contributed by atoms with Gasteiger partial charge in [-0.2, -0.15) is 0 Å². The lowest BCUT2D eigenvalue weighted by molar-refractivity contribution is 0.0951. The molecule has 0 saturated heterocycles. The Hall–Kier alpha value is -2.69. The third kappa shape index (κ3) is 5.21. The Balaban J connectivity index is 2.01. The lowest BCUT2D eigenvalue weighted by Crippen LogP contribution is -2.26. The van der Waals surface area contributed by atoms with E-state index in [1.54, 1.807) is 18.2 Å². The predicted octanol–water partition coefficient (Wildman–Crippen LogP) is 3.11. The maximum Gasteiger partial charge on any atom is 0.257 e. The lowest BCUT2D eigenvalue weighted by atomic mass is 10.1. The minimum atomic E-state index is -0.291. The standard InChI is InChI=1S/C18H21N3O2/c1-13(2)8-9-20-17(22)14-10-15(12-19-11-14)18(23)21-16-6-4-3-5-7-16/h3-7,10-13H,8-9H2,1-2H3,(H,20,22)(H,21,23). The number of rotatable bonds is 6. The van der Waals surface area contributed by atoms with Gasteiger partial charge < -0.3 is 10.6 Å². The number of hydrogen-bond acceptors (Lipinski definition) is 3. The number of amides is 2. The van der Waals surface area contributed by atoms with Crippen LogP contribution in [0.4, 0.5) is 5.69 Å². The number of anilines is 1. The molecular weight excluding hydrogens is 290 g/mol. The number of hydrogen-bond donors (Lipinski definition) is 2. The van der Waals surface area contributed by atoms with E-state index < -0.39 is 0 Å². The van der Waals surface area contributed by atoms with Gasteiger partial charge in [-0.15, -0.1) is 0 Å². The fourth-order valence-electron chi connectivity index (χ4n) is 1.99. The largest absolute Gasteiger partial charge is 0.352 e. The predicted molar refractivity (Wildman–Crippen MR) is 90.4 cm³/mol. The third-order valence-corrected chi connectivity index (χ3v) is 3.30. The molecule has 2 rings (SSSR count). The molecule has 0 unspecified atom stereocenters. The third-order valence-electron chi connectivity index (χ3n) is 3.30. The molecule has 2 aromatic rings. The Kier molecular flexibility index (Phi) is 5.86. The SMILES string of the molecule is CC(C)CCNC(=O)c1cncc(C(=O)Nc2ccccc2)c1. The van der Waals surface area contributed by atoms with Gasteiger partial charge in [0.15, 0.2) is 0 Å². The van der Waals surface area contributed by atoms with E-state index in [2.05, 4.69) is 29.5 Å². The van der Waals surface area contributed by atoms with E-state index in [9.17, 15) is 9.59 Å². The summed E-state index contributed by atoms with van der Waals surface area (Å²) in [5.41, 5.74) is 1.43. The Bertz CT molecular complexity index is 669. The molecule has 0 aliphatic heterocycles. The second kappa shape index (κ2) is 8.08. The average molecular weight is 311 g/mol. The molecule has 0 aliphatic carbocycles. The highest BCUT2D eigenvalue weighted by Crippen LogP contribution is 2.09. The molecule has 2 amide bonds. The van der Waals surface area contributed by atoms with Crippen molar-refractivity contribution < 1.29 is 9.59 Å². The molecule has 0 radical (unpaired) electrons. The van der Waals surface area contributed by atoms with Crippen molar-refractivity contribution in [1.82, 2.24) is 10.3 Å². The monoisotopic (exact) mass is 311 g/mol. The van der Waals surface area contributed by atoms with Gasteiger partial charge in [0.25, 0.3) is 11.8 Å². The van der Waals surface area contributed by atoms with Crippen molar-refractivity contribution in [2.45, 2.75) is 20.3 Å². The van der Waals surface area contributed by atoms with Crippen LogP contribution in [0, 0.1) is 5.92 Å². The van der Waals surface area contributed by atoms with Crippen molar-refractivity contribution in [2.24, 2.45) is 5.92 Å². The topological polar surface area (TPSA) is 71.1 Å². The average Bonchev–Trinajstić information content (AvgIpc) is 2.55. The summed E-state index contributed by atoms with van der Waals surface area (Å²) in [7, 11) is 0. The molecule has 5 heteroatoms. The van der Waals surface area contributed by atoms with Crippen LogP contribution >= 0.6 is 0 Å². The summed E-state index contributed by atoms with van der Waals surface area (Å²) in [5.74, 6) is 0.0180. The van der Waals surface area contributed by atoms with Gasteiger partial charge in [-0.25, -0.2) is 0 Å². The first-order chi connectivity index (χ1) is 11.1. The van der Waals surface area contributed by atoms with Gasteiger partial charge in [-0.1, -0.05) is 32.0 Å². The van der Waals surface area contributed by atoms with Crippen LogP contribution in [0.15, 0.2) is 48.8 Å². The molecule has 0 fully saturated rings. The van der Waals surface area contributed by atoms with Gasteiger partial charge in [0.1, 0.15) is 0 Å². The highest BCUT2D eigenvalue weighted by atomic mass is 16.2. The summed E-state index contributed by atoms with van der Waals surface area (Å²) in [6.45, 7) is 4.81. The Labute approximate surface area is 136 Å². The summed E-state index contributed by atoms with van der Waals surface area (Å²) >= 11 is 0. The van der Waals surface area contributed by atoms with Crippen LogP contribution in [0.1, 0.15) is 41.0 Å². The molecule has 1 heterocycles. The molecule has 5 nitrogen and oxygen atoms in total. The molecule has 0 saturated carbocycles. The Morgan fingerprint density at radius 2 is 1.70 bits per heavy atom. The summed E-state index contributed by atoms with van der Waals surface area (Å²) in [6, 6.07) is 10.7. The maximum absolute atomic E-state index is 12.2. The number of aromatic nitrogens is 1. The molecule has 2 N–H and O–H groups in total. The Morgan fingerprint density at radius 1 is 1.04 bits per heavy atom. The van der Waals surface area contributed by atoms with Crippen molar-refractivity contribution >= 4 is 17.5 Å². The van der Waals surface area contributed by atoms with E-state index in [0.29, 0.717) is 29.3 Å². The first kappa shape index (κ1) is 16.7. The van der Waals surface area contributed by atoms with E-state index in [1.165, 1.54) is 12.4 Å². The number of nitrogens with one attached hydrogen (secondary N) is 2. The molecule has 120 valence electrons. The summed E-state index contributed by atoms with van der Waals surface area (Å²) in [4.78, 5) is 28.3. The molecule has 23 heavy (non-hydrogen) atoms. The zero-order chi connectivity index (χ0) is 16.7. The quantitative estimate of drug-likeness (QED) is 0.861. The van der Waals surface area contributed by atoms with Crippen LogP contribution in [0.2, 0.25) is 0 Å². The molecule has 0 aliphatic rings. The molecule has 0 spiro atoms. The number of para-hydroxylation sites is 1. The van der Waals surface area contributed by atoms with Crippen LogP contribution in [-0.4, -0.2) is 23.3 Å². The van der Waals surface area contributed by atoms with Gasteiger partial charge in [0.05, 0.1) is 11.1 Å². The van der Waals surface area contributed by atoms with Gasteiger partial charge >= 0.3 is 0 Å². The van der Waals surface area contributed by atoms with E-state index in [4.69, 9.17) is 0 Å². The van der Waals surface area contributed by atoms with E-state index >= 15 is 0 Å². The van der Waals surface area contributed by atoms with Crippen molar-refractivity contribution in [1.29, 1.82) is 0 Å². The van der Waals surface area contributed by atoms with Gasteiger partial charge in [0.2, 0.25) is 0 Å². The van der Waals surface area contributed by atoms with Crippen molar-refractivity contribution in [3.8, 4) is 0 Å². The van der Waals surface area contributed by atoms with Gasteiger partial charge in [-0.3, -0.25) is 14.6 Å². The lowest BCUT2D eigenvalue weighted by Gasteiger charge is -2.08. The summed E-state index contributed by atoms with van der Waals surface area (Å²) in [6.07, 6.45) is 3.82. The Morgan fingerprint density at radius 3 is 2.35 bits per heavy atom. The van der Waals surface area contributed by atoms with E-state index in [-0.39, 0.29) is 11.8 Å². The number of pyridine rings is 1. The number of nitrogens with zero attached hydrogens (tertiary/aromatic N) is 1. The maximum atomic E-state index is 12.2. The fourth-order valence-corrected chi connectivity index (χ4v) is 1.99. The smallest absolute Gasteiger partial charge is 0.257 e. The van der Waals surface area contributed by atoms with Gasteiger partial charge in [0, 0.05) is 24.6 Å². The van der Waals surface area contributed by atoms with E-state index in [1.807, 2.05) is 18.2 Å².